The number of likely N-dealkylation sites (N-methyl/N-ethyl adjacent to an activating group) is 1. The van der Waals surface area contributed by atoms with Gasteiger partial charge in [0.15, 0.2) is 0 Å². The van der Waals surface area contributed by atoms with E-state index in [1.165, 1.54) is 9.80 Å². The van der Waals surface area contributed by atoms with Crippen molar-refractivity contribution in [1.82, 2.24) is 23.9 Å². The second-order valence-corrected chi connectivity index (χ2v) is 8.27. The van der Waals surface area contributed by atoms with Crippen molar-refractivity contribution in [2.75, 3.05) is 7.05 Å². The highest BCUT2D eigenvalue weighted by Crippen LogP contribution is 2.35. The van der Waals surface area contributed by atoms with Crippen molar-refractivity contribution in [1.29, 1.82) is 0 Å². The van der Waals surface area contributed by atoms with Gasteiger partial charge >= 0.3 is 12.0 Å². The van der Waals surface area contributed by atoms with Crippen LogP contribution in [0.2, 0.25) is 0 Å². The Balaban J connectivity index is 1.46. The van der Waals surface area contributed by atoms with Gasteiger partial charge in [-0.25, -0.2) is 18.9 Å². The molecule has 0 N–H and O–H groups in total. The monoisotopic (exact) mass is 432 g/mol. The summed E-state index contributed by atoms with van der Waals surface area (Å²) in [5.41, 5.74) is 2.98. The van der Waals surface area contributed by atoms with Gasteiger partial charge in [-0.3, -0.25) is 14.6 Å². The maximum absolute atomic E-state index is 13.5. The Bertz CT molecular complexity index is 1210. The number of aliphatic imine (C=N–C) groups is 1. The maximum Gasteiger partial charge on any atom is 0.402 e. The third-order valence-electron chi connectivity index (χ3n) is 6.37. The van der Waals surface area contributed by atoms with Gasteiger partial charge in [0.05, 0.1) is 19.4 Å². The van der Waals surface area contributed by atoms with Crippen molar-refractivity contribution in [2.45, 2.75) is 45.9 Å². The van der Waals surface area contributed by atoms with E-state index in [-0.39, 0.29) is 18.5 Å². The first kappa shape index (κ1) is 20.2. The molecule has 2 aromatic heterocycles. The average molecular weight is 433 g/mol. The number of imidazole rings is 2. The predicted molar refractivity (Wildman–Crippen MR) is 117 cm³/mol. The van der Waals surface area contributed by atoms with Gasteiger partial charge in [0.25, 0.3) is 5.91 Å². The molecule has 1 atom stereocenters. The van der Waals surface area contributed by atoms with E-state index in [0.717, 1.165) is 42.4 Å². The zero-order valence-electron chi connectivity index (χ0n) is 18.5. The molecule has 32 heavy (non-hydrogen) atoms. The Morgan fingerprint density at radius 2 is 1.91 bits per heavy atom. The second-order valence-electron chi connectivity index (χ2n) is 8.27. The third-order valence-corrected chi connectivity index (χ3v) is 6.37. The van der Waals surface area contributed by atoms with Gasteiger partial charge in [0.1, 0.15) is 11.4 Å². The fraction of sp³-hybridized carbons (Fsp3) is 0.348. The number of urea groups is 1. The summed E-state index contributed by atoms with van der Waals surface area (Å²) in [6.45, 7) is 5.91. The summed E-state index contributed by atoms with van der Waals surface area (Å²) in [6, 6.07) is 8.61. The van der Waals surface area contributed by atoms with Crippen molar-refractivity contribution >= 4 is 23.7 Å². The number of hydrogen-bond acceptors (Lipinski definition) is 4. The molecule has 0 saturated carbocycles. The fourth-order valence-electron chi connectivity index (χ4n) is 4.51. The number of amides is 3. The van der Waals surface area contributed by atoms with Gasteiger partial charge in [-0.05, 0) is 25.8 Å². The van der Waals surface area contributed by atoms with E-state index in [0.29, 0.717) is 5.84 Å². The van der Waals surface area contributed by atoms with E-state index >= 15 is 0 Å². The predicted octanol–water partition coefficient (Wildman–Crippen LogP) is 2.36. The van der Waals surface area contributed by atoms with Gasteiger partial charge in [-0.1, -0.05) is 35.3 Å². The molecule has 9 nitrogen and oxygen atoms in total. The Morgan fingerprint density at radius 1 is 1.12 bits per heavy atom. The average Bonchev–Trinajstić information content (AvgIpc) is 3.50. The fourth-order valence-corrected chi connectivity index (χ4v) is 4.51. The lowest BCUT2D eigenvalue weighted by atomic mass is 10.1. The zero-order chi connectivity index (χ0) is 22.4. The molecule has 5 rings (SSSR count). The molecule has 2 aliphatic rings. The number of hydrogen-bond donors (Lipinski definition) is 0. The van der Waals surface area contributed by atoms with Gasteiger partial charge in [-0.2, -0.15) is 0 Å². The summed E-state index contributed by atoms with van der Waals surface area (Å²) >= 11 is 0. The summed E-state index contributed by atoms with van der Waals surface area (Å²) in [5, 5.41) is 0. The lowest BCUT2D eigenvalue weighted by Crippen LogP contribution is -2.57. The molecule has 0 spiro atoms. The normalized spacial score (nSPS) is 17.6. The number of nitrogens with zero attached hydrogens (tertiary/aromatic N) is 7. The molecular formula is C23H26N7O2+. The second kappa shape index (κ2) is 7.74. The van der Waals surface area contributed by atoms with Gasteiger partial charge in [0, 0.05) is 26.0 Å². The first-order valence-electron chi connectivity index (χ1n) is 10.8. The van der Waals surface area contributed by atoms with Crippen LogP contribution < -0.4 is 4.57 Å². The van der Waals surface area contributed by atoms with Crippen LogP contribution in [-0.4, -0.2) is 48.7 Å². The molecule has 1 fully saturated rings. The van der Waals surface area contributed by atoms with E-state index in [4.69, 9.17) is 4.99 Å². The Kier molecular flexibility index (Phi) is 4.88. The number of carbonyl (C=O) groups excluding carboxylic acids is 2. The molecule has 1 unspecified atom stereocenters. The van der Waals surface area contributed by atoms with Crippen LogP contribution >= 0.6 is 0 Å². The number of aryl methyl sites for hydroxylation is 1. The van der Waals surface area contributed by atoms with Gasteiger partial charge in [0.2, 0.25) is 11.9 Å². The number of carbonyl (C=O) groups is 2. The highest BCUT2D eigenvalue weighted by atomic mass is 16.2. The number of fused-ring (bicyclic) bond motifs is 3. The Morgan fingerprint density at radius 3 is 2.62 bits per heavy atom. The van der Waals surface area contributed by atoms with E-state index < -0.39 is 6.04 Å². The number of benzene rings is 1. The Labute approximate surface area is 186 Å². The molecule has 0 radical (unpaired) electrons. The van der Waals surface area contributed by atoms with E-state index in [1.807, 2.05) is 58.9 Å². The summed E-state index contributed by atoms with van der Waals surface area (Å²) in [7, 11) is 1.69. The van der Waals surface area contributed by atoms with Crippen LogP contribution in [0.4, 0.5) is 10.7 Å². The van der Waals surface area contributed by atoms with E-state index in [1.54, 1.807) is 13.2 Å². The topological polar surface area (TPSA) is 79.6 Å². The molecule has 1 aromatic carbocycles. The largest absolute Gasteiger partial charge is 0.402 e. The minimum Gasteiger partial charge on any atom is -0.337 e. The highest BCUT2D eigenvalue weighted by molar-refractivity contribution is 6.20. The number of aromatic nitrogens is 4. The highest BCUT2D eigenvalue weighted by Gasteiger charge is 2.54. The van der Waals surface area contributed by atoms with Crippen LogP contribution in [0.3, 0.4) is 0 Å². The van der Waals surface area contributed by atoms with E-state index in [2.05, 4.69) is 16.5 Å². The molecular weight excluding hydrogens is 406 g/mol. The first-order chi connectivity index (χ1) is 15.5. The third kappa shape index (κ3) is 3.12. The number of imide groups is 1. The van der Waals surface area contributed by atoms with Crippen molar-refractivity contribution in [3.8, 4) is 0 Å². The molecule has 164 valence electrons. The quantitative estimate of drug-likeness (QED) is 0.561. The van der Waals surface area contributed by atoms with E-state index in [9.17, 15) is 9.59 Å². The van der Waals surface area contributed by atoms with Gasteiger partial charge < -0.3 is 4.57 Å². The Hall–Kier alpha value is -3.75. The summed E-state index contributed by atoms with van der Waals surface area (Å²) in [4.78, 5) is 38.2. The van der Waals surface area contributed by atoms with Crippen LogP contribution in [0.5, 0.6) is 0 Å². The number of rotatable bonds is 6. The van der Waals surface area contributed by atoms with Crippen LogP contribution in [0.25, 0.3) is 0 Å². The summed E-state index contributed by atoms with van der Waals surface area (Å²) < 4.78 is 6.16. The number of amidine groups is 1. The van der Waals surface area contributed by atoms with Crippen molar-refractivity contribution in [3.63, 3.8) is 0 Å². The molecule has 4 heterocycles. The molecule has 3 amide bonds. The van der Waals surface area contributed by atoms with Crippen molar-refractivity contribution in [2.24, 2.45) is 4.99 Å². The zero-order valence-corrected chi connectivity index (χ0v) is 18.5. The standard InChI is InChI=1S/C23H26N7O2/c1-16-17(2)30-19-20(25-22(30)28(16)12-7-11-27-13-10-24-15-27)26(3)23(32)29(21(19)31)14-18-8-5-4-6-9-18/h4-6,8-10,13,15,19H,7,11-12,14H2,1-3H3/q+1. The summed E-state index contributed by atoms with van der Waals surface area (Å²) in [5.74, 6) is 0.976. The van der Waals surface area contributed by atoms with Crippen LogP contribution in [-0.2, 0) is 24.4 Å². The first-order valence-corrected chi connectivity index (χ1v) is 10.8. The van der Waals surface area contributed by atoms with Crippen LogP contribution in [0.1, 0.15) is 29.4 Å². The molecule has 0 aliphatic carbocycles. The lowest BCUT2D eigenvalue weighted by molar-refractivity contribution is -0.689. The molecule has 0 bridgehead atoms. The molecule has 2 aliphatic heterocycles. The van der Waals surface area contributed by atoms with Crippen LogP contribution in [0.15, 0.2) is 54.0 Å². The lowest BCUT2D eigenvalue weighted by Gasteiger charge is -2.33. The van der Waals surface area contributed by atoms with Gasteiger partial charge in [-0.15, -0.1) is 0 Å². The van der Waals surface area contributed by atoms with Crippen molar-refractivity contribution < 1.29 is 14.2 Å². The molecule has 1 saturated heterocycles. The SMILES string of the molecule is Cc1c(C)[n+](CCCn2ccnc2)c2n1C1C(=O)N(Cc3ccccc3)C(=O)N(C)C1=N2. The summed E-state index contributed by atoms with van der Waals surface area (Å²) in [6.07, 6.45) is 6.43. The maximum atomic E-state index is 13.5. The minimum atomic E-state index is -0.620. The minimum absolute atomic E-state index is 0.238. The van der Waals surface area contributed by atoms with Crippen LogP contribution in [0, 0.1) is 13.8 Å². The van der Waals surface area contributed by atoms with Crippen molar-refractivity contribution in [3.05, 3.63) is 66.0 Å². The molecule has 3 aromatic rings. The smallest absolute Gasteiger partial charge is 0.337 e. The molecule has 9 heteroatoms.